The quantitative estimate of drug-likeness (QED) is 0.464. The minimum atomic E-state index is -0.640. The number of amides is 2. The Kier molecular flexibility index (Phi) is 8.23. The van der Waals surface area contributed by atoms with Crippen molar-refractivity contribution in [3.63, 3.8) is 0 Å². The molecular formula is C26H26N2O6. The molecule has 0 aliphatic carbocycles. The summed E-state index contributed by atoms with van der Waals surface area (Å²) in [5, 5.41) is 5.48. The first-order valence-corrected chi connectivity index (χ1v) is 10.6. The lowest BCUT2D eigenvalue weighted by molar-refractivity contribution is -0.119. The number of esters is 1. The van der Waals surface area contributed by atoms with Crippen molar-refractivity contribution in [2.24, 2.45) is 0 Å². The lowest BCUT2D eigenvalue weighted by Crippen LogP contribution is -2.22. The van der Waals surface area contributed by atoms with Crippen molar-refractivity contribution in [1.82, 2.24) is 0 Å². The molecule has 0 aliphatic heterocycles. The number of para-hydroxylation sites is 1. The van der Waals surface area contributed by atoms with Gasteiger partial charge >= 0.3 is 5.97 Å². The molecule has 3 aromatic carbocycles. The van der Waals surface area contributed by atoms with E-state index in [2.05, 4.69) is 10.6 Å². The van der Waals surface area contributed by atoms with Crippen LogP contribution in [0.4, 0.5) is 11.4 Å². The molecule has 0 bridgehead atoms. The highest BCUT2D eigenvalue weighted by atomic mass is 16.5. The number of benzene rings is 3. The summed E-state index contributed by atoms with van der Waals surface area (Å²) in [6.45, 7) is 3.16. The molecule has 0 aromatic heterocycles. The Morgan fingerprint density at radius 3 is 2.09 bits per heavy atom. The molecule has 3 aromatic rings. The SMILES string of the molecule is COc1cccc(NC(=O)COc2ccc(C(=O)OCC(=O)Nc3c(C)cccc3C)cc2)c1. The molecule has 0 unspecified atom stereocenters. The van der Waals surface area contributed by atoms with Crippen molar-refractivity contribution in [3.05, 3.63) is 83.4 Å². The number of rotatable bonds is 9. The lowest BCUT2D eigenvalue weighted by atomic mass is 10.1. The van der Waals surface area contributed by atoms with Crippen LogP contribution in [-0.2, 0) is 14.3 Å². The lowest BCUT2D eigenvalue weighted by Gasteiger charge is -2.12. The normalized spacial score (nSPS) is 10.2. The molecule has 0 saturated heterocycles. The largest absolute Gasteiger partial charge is 0.497 e. The number of carbonyl (C=O) groups excluding carboxylic acids is 3. The van der Waals surface area contributed by atoms with Gasteiger partial charge in [-0.1, -0.05) is 24.3 Å². The number of carbonyl (C=O) groups is 3. The van der Waals surface area contributed by atoms with Gasteiger partial charge in [-0.25, -0.2) is 4.79 Å². The zero-order valence-electron chi connectivity index (χ0n) is 19.2. The van der Waals surface area contributed by atoms with E-state index in [4.69, 9.17) is 14.2 Å². The second-order valence-electron chi connectivity index (χ2n) is 7.48. The van der Waals surface area contributed by atoms with Crippen LogP contribution < -0.4 is 20.1 Å². The van der Waals surface area contributed by atoms with Gasteiger partial charge in [0.2, 0.25) is 0 Å². The van der Waals surface area contributed by atoms with Crippen LogP contribution >= 0.6 is 0 Å². The molecular weight excluding hydrogens is 436 g/mol. The van der Waals surface area contributed by atoms with Gasteiger partial charge in [0, 0.05) is 17.4 Å². The van der Waals surface area contributed by atoms with E-state index in [1.807, 2.05) is 32.0 Å². The first kappa shape index (κ1) is 24.3. The number of ether oxygens (including phenoxy) is 3. The Balaban J connectivity index is 1.45. The zero-order valence-corrected chi connectivity index (χ0v) is 19.2. The molecule has 8 heteroatoms. The molecule has 2 N–H and O–H groups in total. The van der Waals surface area contributed by atoms with Crippen LogP contribution in [0.3, 0.4) is 0 Å². The summed E-state index contributed by atoms with van der Waals surface area (Å²) in [7, 11) is 1.55. The van der Waals surface area contributed by atoms with Crippen molar-refractivity contribution in [1.29, 1.82) is 0 Å². The number of anilines is 2. The Labute approximate surface area is 197 Å². The van der Waals surface area contributed by atoms with E-state index in [0.29, 0.717) is 22.9 Å². The van der Waals surface area contributed by atoms with E-state index in [9.17, 15) is 14.4 Å². The fourth-order valence-electron chi connectivity index (χ4n) is 3.14. The summed E-state index contributed by atoms with van der Waals surface area (Å²) in [6, 6.07) is 18.8. The monoisotopic (exact) mass is 462 g/mol. The van der Waals surface area contributed by atoms with E-state index in [0.717, 1.165) is 11.1 Å². The van der Waals surface area contributed by atoms with Gasteiger partial charge in [-0.05, 0) is 61.4 Å². The highest BCUT2D eigenvalue weighted by molar-refractivity contribution is 5.96. The maximum atomic E-state index is 12.3. The molecule has 176 valence electrons. The van der Waals surface area contributed by atoms with Gasteiger partial charge in [0.1, 0.15) is 11.5 Å². The van der Waals surface area contributed by atoms with Crippen LogP contribution in [0.5, 0.6) is 11.5 Å². The average Bonchev–Trinajstić information content (AvgIpc) is 2.84. The number of nitrogens with one attached hydrogen (secondary N) is 2. The smallest absolute Gasteiger partial charge is 0.338 e. The molecule has 0 saturated carbocycles. The number of aryl methyl sites for hydroxylation is 2. The standard InChI is InChI=1S/C26H26N2O6/c1-17-6-4-7-18(2)25(17)28-24(30)16-34-26(31)19-10-12-21(13-11-19)33-15-23(29)27-20-8-5-9-22(14-20)32-3/h4-14H,15-16H2,1-3H3,(H,27,29)(H,28,30). The summed E-state index contributed by atoms with van der Waals surface area (Å²) < 4.78 is 15.7. The van der Waals surface area contributed by atoms with Crippen LogP contribution in [0.2, 0.25) is 0 Å². The summed E-state index contributed by atoms with van der Waals surface area (Å²) in [5.74, 6) is -0.368. The summed E-state index contributed by atoms with van der Waals surface area (Å²) in [5.41, 5.74) is 3.40. The van der Waals surface area contributed by atoms with Gasteiger partial charge in [0.05, 0.1) is 12.7 Å². The third-order valence-electron chi connectivity index (χ3n) is 4.89. The van der Waals surface area contributed by atoms with Gasteiger partial charge in [-0.2, -0.15) is 0 Å². The van der Waals surface area contributed by atoms with E-state index >= 15 is 0 Å². The maximum absolute atomic E-state index is 12.3. The molecule has 0 atom stereocenters. The predicted molar refractivity (Wildman–Crippen MR) is 128 cm³/mol. The van der Waals surface area contributed by atoms with Crippen molar-refractivity contribution >= 4 is 29.2 Å². The highest BCUT2D eigenvalue weighted by Gasteiger charge is 2.13. The first-order valence-electron chi connectivity index (χ1n) is 10.6. The molecule has 2 amide bonds. The topological polar surface area (TPSA) is 103 Å². The average molecular weight is 463 g/mol. The predicted octanol–water partition coefficient (Wildman–Crippen LogP) is 4.13. The van der Waals surface area contributed by atoms with Crippen LogP contribution in [-0.4, -0.2) is 38.1 Å². The number of methoxy groups -OCH3 is 1. The summed E-state index contributed by atoms with van der Waals surface area (Å²) in [4.78, 5) is 36.5. The first-order chi connectivity index (χ1) is 16.4. The second-order valence-corrected chi connectivity index (χ2v) is 7.48. The molecule has 0 fully saturated rings. The number of hydrogen-bond acceptors (Lipinski definition) is 6. The molecule has 0 radical (unpaired) electrons. The van der Waals surface area contributed by atoms with Crippen molar-refractivity contribution in [3.8, 4) is 11.5 Å². The van der Waals surface area contributed by atoms with Crippen LogP contribution in [0.25, 0.3) is 0 Å². The van der Waals surface area contributed by atoms with Gasteiger partial charge < -0.3 is 24.8 Å². The van der Waals surface area contributed by atoms with E-state index in [1.165, 1.54) is 12.1 Å². The van der Waals surface area contributed by atoms with Crippen molar-refractivity contribution in [2.45, 2.75) is 13.8 Å². The Morgan fingerprint density at radius 1 is 0.765 bits per heavy atom. The molecule has 34 heavy (non-hydrogen) atoms. The van der Waals surface area contributed by atoms with E-state index in [-0.39, 0.29) is 18.1 Å². The minimum Gasteiger partial charge on any atom is -0.497 e. The number of hydrogen-bond donors (Lipinski definition) is 2. The second kappa shape index (κ2) is 11.5. The summed E-state index contributed by atoms with van der Waals surface area (Å²) in [6.07, 6.45) is 0. The van der Waals surface area contributed by atoms with Crippen molar-refractivity contribution < 1.29 is 28.6 Å². The molecule has 0 aliphatic rings. The minimum absolute atomic E-state index is 0.209. The maximum Gasteiger partial charge on any atom is 0.338 e. The van der Waals surface area contributed by atoms with Crippen LogP contribution in [0.1, 0.15) is 21.5 Å². The third kappa shape index (κ3) is 6.83. The zero-order chi connectivity index (χ0) is 24.5. The highest BCUT2D eigenvalue weighted by Crippen LogP contribution is 2.20. The fraction of sp³-hybridized carbons (Fsp3) is 0.192. The van der Waals surface area contributed by atoms with Gasteiger partial charge in [0.15, 0.2) is 13.2 Å². The molecule has 0 spiro atoms. The van der Waals surface area contributed by atoms with E-state index < -0.39 is 18.5 Å². The fourth-order valence-corrected chi connectivity index (χ4v) is 3.14. The summed E-state index contributed by atoms with van der Waals surface area (Å²) >= 11 is 0. The Morgan fingerprint density at radius 2 is 1.41 bits per heavy atom. The van der Waals surface area contributed by atoms with Gasteiger partial charge in [0.25, 0.3) is 11.8 Å². The van der Waals surface area contributed by atoms with Gasteiger partial charge in [-0.3, -0.25) is 9.59 Å². The Hall–Kier alpha value is -4.33. The van der Waals surface area contributed by atoms with Crippen molar-refractivity contribution in [2.75, 3.05) is 31.0 Å². The van der Waals surface area contributed by atoms with Gasteiger partial charge in [-0.15, -0.1) is 0 Å². The molecule has 3 rings (SSSR count). The third-order valence-corrected chi connectivity index (χ3v) is 4.89. The molecule has 0 heterocycles. The Bertz CT molecular complexity index is 1150. The van der Waals surface area contributed by atoms with Crippen LogP contribution in [0.15, 0.2) is 66.7 Å². The van der Waals surface area contributed by atoms with E-state index in [1.54, 1.807) is 43.5 Å². The van der Waals surface area contributed by atoms with Crippen LogP contribution in [0, 0.1) is 13.8 Å². The molecule has 8 nitrogen and oxygen atoms in total.